The number of hydrogen-bond donors (Lipinski definition) is 6. The third-order valence-electron chi connectivity index (χ3n) is 10.1. The topological polar surface area (TPSA) is 298 Å². The molecule has 24 heteroatoms. The first-order valence-electron chi connectivity index (χ1n) is 23.9. The van der Waals surface area contributed by atoms with Gasteiger partial charge in [-0.15, -0.1) is 0 Å². The molecule has 6 N–H and O–H groups in total. The fourth-order valence-corrected chi connectivity index (χ4v) is 6.17. The van der Waals surface area contributed by atoms with Gasteiger partial charge in [-0.05, 0) is 24.6 Å². The first kappa shape index (κ1) is 62.1. The second-order valence-electron chi connectivity index (χ2n) is 15.7. The summed E-state index contributed by atoms with van der Waals surface area (Å²) in [5.41, 5.74) is 1.10. The van der Waals surface area contributed by atoms with E-state index in [0.717, 1.165) is 17.1 Å². The molecule has 2 rings (SSSR count). The molecule has 0 spiro atoms. The predicted molar refractivity (Wildman–Crippen MR) is 255 cm³/mol. The maximum atomic E-state index is 13.6. The Balaban J connectivity index is 1.72. The second-order valence-corrected chi connectivity index (χ2v) is 15.7. The summed E-state index contributed by atoms with van der Waals surface area (Å²) in [5.74, 6) is -4.52. The summed E-state index contributed by atoms with van der Waals surface area (Å²) in [6.07, 6.45) is 2.04. The largest absolute Gasteiger partial charge is 0.394 e. The monoisotopic (exact) mass is 1010 g/mol. The van der Waals surface area contributed by atoms with Crippen molar-refractivity contribution < 1.29 is 86.4 Å². The number of hydrogen-bond acceptors (Lipinski definition) is 18. The Morgan fingerprint density at radius 1 is 0.606 bits per heavy atom. The minimum Gasteiger partial charge on any atom is -0.394 e. The predicted octanol–water partition coefficient (Wildman–Crippen LogP) is -1.45. The normalized spacial score (nSPS) is 13.5. The molecule has 0 radical (unpaired) electrons. The molecule has 7 amide bonds. The highest BCUT2D eigenvalue weighted by Gasteiger charge is 2.31. The Labute approximate surface area is 415 Å². The van der Waals surface area contributed by atoms with E-state index >= 15 is 0 Å². The molecule has 0 fully saturated rings. The lowest BCUT2D eigenvalue weighted by atomic mass is 9.99. The lowest BCUT2D eigenvalue weighted by Crippen LogP contribution is -2.56. The van der Waals surface area contributed by atoms with Gasteiger partial charge in [-0.1, -0.05) is 26.0 Å². The van der Waals surface area contributed by atoms with Crippen LogP contribution in [0.5, 0.6) is 0 Å². The summed E-state index contributed by atoms with van der Waals surface area (Å²) in [4.78, 5) is 91.5. The number of anilines is 1. The number of aliphatic hydroxyl groups is 2. The zero-order valence-electron chi connectivity index (χ0n) is 41.4. The van der Waals surface area contributed by atoms with Crippen LogP contribution in [0.1, 0.15) is 39.2 Å². The van der Waals surface area contributed by atoms with E-state index in [0.29, 0.717) is 110 Å². The van der Waals surface area contributed by atoms with Crippen molar-refractivity contribution in [2.45, 2.75) is 52.3 Å². The molecule has 1 heterocycles. The van der Waals surface area contributed by atoms with Crippen molar-refractivity contribution in [1.82, 2.24) is 25.8 Å². The summed E-state index contributed by atoms with van der Waals surface area (Å²) in [7, 11) is 0. The van der Waals surface area contributed by atoms with Crippen LogP contribution >= 0.6 is 0 Å². The average Bonchev–Trinajstić information content (AvgIpc) is 3.69. The number of nitrogens with zero attached hydrogens (tertiary/aromatic N) is 2. The van der Waals surface area contributed by atoms with Crippen LogP contribution in [0, 0.1) is 5.92 Å². The minimum absolute atomic E-state index is 0.00712. The molecule has 0 aromatic heterocycles. The number of ether oxygens (including phenoxy) is 9. The molecular formula is C47H76N6O18. The number of rotatable bonds is 44. The lowest BCUT2D eigenvalue weighted by molar-refractivity contribution is -0.138. The van der Waals surface area contributed by atoms with Crippen LogP contribution < -0.4 is 21.3 Å². The van der Waals surface area contributed by atoms with Crippen molar-refractivity contribution in [1.29, 1.82) is 0 Å². The fourth-order valence-electron chi connectivity index (χ4n) is 6.17. The highest BCUT2D eigenvalue weighted by atomic mass is 16.6. The van der Waals surface area contributed by atoms with E-state index in [2.05, 4.69) is 21.3 Å². The molecule has 0 bridgehead atoms. The van der Waals surface area contributed by atoms with Crippen LogP contribution in [0.3, 0.4) is 0 Å². The van der Waals surface area contributed by atoms with Crippen LogP contribution in [0.15, 0.2) is 36.4 Å². The molecule has 1 aromatic rings. The summed E-state index contributed by atoms with van der Waals surface area (Å²) < 4.78 is 49.1. The number of imide groups is 1. The molecule has 1 unspecified atom stereocenters. The third kappa shape index (κ3) is 29.2. The highest BCUT2D eigenvalue weighted by Crippen LogP contribution is 2.12. The minimum atomic E-state index is -1.17. The summed E-state index contributed by atoms with van der Waals surface area (Å²) in [5, 5.41) is 28.5. The van der Waals surface area contributed by atoms with Crippen molar-refractivity contribution in [3.63, 3.8) is 0 Å². The first-order chi connectivity index (χ1) is 34.4. The van der Waals surface area contributed by atoms with Gasteiger partial charge in [0.1, 0.15) is 12.1 Å². The number of benzene rings is 1. The van der Waals surface area contributed by atoms with Gasteiger partial charge >= 0.3 is 0 Å². The Hall–Kier alpha value is -4.99. The van der Waals surface area contributed by atoms with E-state index in [1.807, 2.05) is 0 Å². The maximum absolute atomic E-state index is 13.6. The van der Waals surface area contributed by atoms with Crippen LogP contribution in [0.2, 0.25) is 0 Å². The zero-order chi connectivity index (χ0) is 51.9. The summed E-state index contributed by atoms with van der Waals surface area (Å²) >= 11 is 0. The van der Waals surface area contributed by atoms with E-state index in [9.17, 15) is 38.7 Å². The average molecular weight is 1010 g/mol. The number of carbonyl (C=O) groups excluding carboxylic acids is 7. The van der Waals surface area contributed by atoms with Crippen LogP contribution in [0.25, 0.3) is 0 Å². The Morgan fingerprint density at radius 3 is 1.49 bits per heavy atom. The summed E-state index contributed by atoms with van der Waals surface area (Å²) in [6, 6.07) is 4.31. The van der Waals surface area contributed by atoms with E-state index in [1.54, 1.807) is 38.1 Å². The van der Waals surface area contributed by atoms with Gasteiger partial charge in [0, 0.05) is 56.2 Å². The van der Waals surface area contributed by atoms with E-state index in [1.165, 1.54) is 11.8 Å². The van der Waals surface area contributed by atoms with Gasteiger partial charge in [-0.25, -0.2) is 0 Å². The molecular weight excluding hydrogens is 937 g/mol. The van der Waals surface area contributed by atoms with Crippen molar-refractivity contribution in [3.8, 4) is 0 Å². The summed E-state index contributed by atoms with van der Waals surface area (Å²) in [6.45, 7) is 10.4. The highest BCUT2D eigenvalue weighted by molar-refractivity contribution is 6.13. The Morgan fingerprint density at radius 2 is 1.06 bits per heavy atom. The lowest BCUT2D eigenvalue weighted by Gasteiger charge is -2.31. The van der Waals surface area contributed by atoms with Crippen LogP contribution in [-0.4, -0.2) is 225 Å². The van der Waals surface area contributed by atoms with Gasteiger partial charge in [0.05, 0.1) is 139 Å². The van der Waals surface area contributed by atoms with Crippen molar-refractivity contribution >= 4 is 47.0 Å². The van der Waals surface area contributed by atoms with Gasteiger partial charge in [0.15, 0.2) is 0 Å². The van der Waals surface area contributed by atoms with Crippen LogP contribution in [0.4, 0.5) is 5.69 Å². The van der Waals surface area contributed by atoms with Gasteiger partial charge in [-0.3, -0.25) is 38.5 Å². The van der Waals surface area contributed by atoms with E-state index in [-0.39, 0.29) is 65.5 Å². The fraction of sp³-hybridized carbons (Fsp3) is 0.681. The van der Waals surface area contributed by atoms with Gasteiger partial charge in [0.2, 0.25) is 29.5 Å². The quantitative estimate of drug-likeness (QED) is 0.0322. The van der Waals surface area contributed by atoms with E-state index < -0.39 is 65.9 Å². The third-order valence-corrected chi connectivity index (χ3v) is 10.1. The maximum Gasteiger partial charge on any atom is 0.253 e. The molecule has 71 heavy (non-hydrogen) atoms. The molecule has 0 saturated heterocycles. The number of amides is 7. The zero-order valence-corrected chi connectivity index (χ0v) is 41.4. The molecule has 24 nitrogen and oxygen atoms in total. The molecule has 1 aliphatic rings. The standard InChI is InChI=1S/C47H76N6O18/c1-4-40(56)51-45(47(62)49-37(3)46(61)50-39-7-5-38(35-55)6-8-39)36(2)34-52(44(60)33-48-41(57)11-12-53-42(58)9-10-43(53)59)13-15-63-17-19-65-21-23-67-25-27-69-29-31-71-32-30-70-28-26-68-24-22-66-20-18-64-16-14-54/h5-10,36-37,45,54-55H,4,11-35H2,1-3H3,(H,48,57)(H,49,62)(H,50,61)(H,51,56)/t36?,37-,45-/m0/s1. The molecule has 1 aromatic carbocycles. The second kappa shape index (κ2) is 39.6. The number of carbonyl (C=O) groups is 7. The molecule has 0 saturated carbocycles. The molecule has 1 aliphatic heterocycles. The first-order valence-corrected chi connectivity index (χ1v) is 23.9. The number of aliphatic hydroxyl groups excluding tert-OH is 2. The van der Waals surface area contributed by atoms with Gasteiger partial charge in [0.25, 0.3) is 11.8 Å². The SMILES string of the molecule is CCC(=O)N[C@H](C(=O)N[C@@H](C)C(=O)Nc1ccc(CO)cc1)C(C)CN(CCOCCOCCOCCOCCOCCOCCOCCOCCOCCO)C(=O)CNC(=O)CCN1C(=O)C=CC1=O. The van der Waals surface area contributed by atoms with Gasteiger partial charge < -0.3 is 79.0 Å². The van der Waals surface area contributed by atoms with Crippen LogP contribution in [-0.2, 0) is 82.8 Å². The number of nitrogens with one attached hydrogen (secondary N) is 4. The smallest absolute Gasteiger partial charge is 0.253 e. The molecule has 3 atom stereocenters. The molecule has 0 aliphatic carbocycles. The Kier molecular flexibility index (Phi) is 34.7. The molecule has 402 valence electrons. The van der Waals surface area contributed by atoms with Crippen molar-refractivity contribution in [3.05, 3.63) is 42.0 Å². The van der Waals surface area contributed by atoms with Crippen molar-refractivity contribution in [2.24, 2.45) is 5.92 Å². The van der Waals surface area contributed by atoms with Crippen molar-refractivity contribution in [2.75, 3.05) is 157 Å². The Bertz CT molecular complexity index is 1710. The van der Waals surface area contributed by atoms with E-state index in [4.69, 9.17) is 47.7 Å². The van der Waals surface area contributed by atoms with Gasteiger partial charge in [-0.2, -0.15) is 0 Å².